The Morgan fingerprint density at radius 3 is 2.17 bits per heavy atom. The number of nitrogens with one attached hydrogen (secondary N) is 1. The van der Waals surface area contributed by atoms with Crippen molar-refractivity contribution in [2.24, 2.45) is 0 Å². The van der Waals surface area contributed by atoms with Crippen LogP contribution in [0.2, 0.25) is 0 Å². The summed E-state index contributed by atoms with van der Waals surface area (Å²) in [5.41, 5.74) is 1.00. The lowest BCUT2D eigenvalue weighted by molar-refractivity contribution is -0.134. The van der Waals surface area contributed by atoms with E-state index in [0.717, 1.165) is 35.4 Å². The van der Waals surface area contributed by atoms with Gasteiger partial charge in [0.05, 0.1) is 11.8 Å². The number of aliphatic carboxylic acids is 2. The molecule has 1 atom stereocenters. The molecule has 3 rings (SSSR count). The molecule has 12 nitrogen and oxygen atoms in total. The van der Waals surface area contributed by atoms with Crippen molar-refractivity contribution < 1.29 is 45.1 Å². The van der Waals surface area contributed by atoms with E-state index in [4.69, 9.17) is 14.9 Å². The second-order valence-electron chi connectivity index (χ2n) is 6.70. The van der Waals surface area contributed by atoms with Crippen LogP contribution < -0.4 is 15.0 Å². The monoisotopic (exact) mass is 545 g/mol. The molecule has 1 aromatic heterocycles. The Kier molecular flexibility index (Phi) is 17.0. The first-order valence-electron chi connectivity index (χ1n) is 9.74. The lowest BCUT2D eigenvalue weighted by Gasteiger charge is -2.18. The predicted molar refractivity (Wildman–Crippen MR) is 137 cm³/mol. The van der Waals surface area contributed by atoms with E-state index in [1.807, 2.05) is 54.4 Å². The van der Waals surface area contributed by atoms with Gasteiger partial charge >= 0.3 is 11.9 Å². The number of pyridine rings is 1. The van der Waals surface area contributed by atoms with Crippen molar-refractivity contribution >= 4 is 53.1 Å². The summed E-state index contributed by atoms with van der Waals surface area (Å²) < 4.78 is 5.75. The van der Waals surface area contributed by atoms with Crippen LogP contribution >= 0.6 is 24.2 Å². The average molecular weight is 546 g/mol. The van der Waals surface area contributed by atoms with Gasteiger partial charge in [0.25, 0.3) is 5.24 Å². The van der Waals surface area contributed by atoms with Crippen LogP contribution in [-0.4, -0.2) is 74.7 Å². The number of carboxylic acid groups (broad SMARTS) is 2. The van der Waals surface area contributed by atoms with Crippen LogP contribution in [0.25, 0.3) is 0 Å². The zero-order valence-electron chi connectivity index (χ0n) is 19.1. The fourth-order valence-electron chi connectivity index (χ4n) is 2.60. The number of carbonyl (C=O) groups is 4. The summed E-state index contributed by atoms with van der Waals surface area (Å²) in [4.78, 5) is 48.2. The maximum Gasteiger partial charge on any atom is 0.328 e. The normalized spacial score (nSPS) is 13.6. The van der Waals surface area contributed by atoms with Crippen LogP contribution in [0.4, 0.5) is 10.6 Å². The van der Waals surface area contributed by atoms with Crippen molar-refractivity contribution in [2.45, 2.75) is 11.7 Å². The molecular formula is C22H28ClN3O9S. The van der Waals surface area contributed by atoms with E-state index in [2.05, 4.69) is 10.3 Å². The Balaban J connectivity index is 0. The van der Waals surface area contributed by atoms with Crippen molar-refractivity contribution in [3.8, 4) is 5.75 Å². The molecule has 0 bridgehead atoms. The molecule has 0 radical (unpaired) electrons. The molecule has 2 aromatic rings. The third-order valence-corrected chi connectivity index (χ3v) is 5.20. The van der Waals surface area contributed by atoms with Crippen LogP contribution in [-0.2, 0) is 20.8 Å². The number of nitrogens with zero attached hydrogens (tertiary/aromatic N) is 2. The summed E-state index contributed by atoms with van der Waals surface area (Å²) in [6.45, 7) is 1.27. The molecule has 0 spiro atoms. The molecule has 1 aliphatic rings. The smallest absolute Gasteiger partial charge is 0.328 e. The summed E-state index contributed by atoms with van der Waals surface area (Å²) in [7, 11) is 1.97. The largest absolute Gasteiger partial charge is 0.492 e. The molecule has 7 N–H and O–H groups in total. The molecule has 2 amide bonds. The zero-order valence-corrected chi connectivity index (χ0v) is 20.8. The highest BCUT2D eigenvalue weighted by Crippen LogP contribution is 2.23. The van der Waals surface area contributed by atoms with E-state index in [9.17, 15) is 19.2 Å². The molecule has 1 unspecified atom stereocenters. The van der Waals surface area contributed by atoms with Crippen LogP contribution in [0.5, 0.6) is 5.75 Å². The molecule has 0 aliphatic carbocycles. The summed E-state index contributed by atoms with van der Waals surface area (Å²) in [5, 5.41) is 17.3. The number of benzene rings is 1. The number of aromatic nitrogens is 1. The van der Waals surface area contributed by atoms with Gasteiger partial charge in [0.2, 0.25) is 5.91 Å². The van der Waals surface area contributed by atoms with E-state index < -0.39 is 11.9 Å². The molecule has 1 aromatic carbocycles. The second kappa shape index (κ2) is 17.7. The van der Waals surface area contributed by atoms with Crippen molar-refractivity contribution in [1.82, 2.24) is 10.3 Å². The number of amides is 2. The van der Waals surface area contributed by atoms with Crippen molar-refractivity contribution in [3.63, 3.8) is 0 Å². The van der Waals surface area contributed by atoms with Crippen LogP contribution in [0, 0.1) is 0 Å². The maximum absolute atomic E-state index is 11.6. The zero-order chi connectivity index (χ0) is 24.2. The minimum Gasteiger partial charge on any atom is -0.492 e. The van der Waals surface area contributed by atoms with Gasteiger partial charge < -0.3 is 30.8 Å². The molecule has 2 heterocycles. The SMILES string of the molecule is CN(CCOc1ccc(CC2SC(=O)NC2=O)cc1)c1ccccn1.Cl.O.O.O=C(O)C=CC(=O)O. The number of thioether (sulfide) groups is 1. The first-order chi connectivity index (χ1) is 15.7. The lowest BCUT2D eigenvalue weighted by atomic mass is 10.1. The quantitative estimate of drug-likeness (QED) is 0.380. The van der Waals surface area contributed by atoms with Crippen LogP contribution in [0.15, 0.2) is 60.8 Å². The van der Waals surface area contributed by atoms with Gasteiger partial charge in [0.1, 0.15) is 18.2 Å². The van der Waals surface area contributed by atoms with Gasteiger partial charge in [0, 0.05) is 25.4 Å². The minimum atomic E-state index is -1.26. The standard InChI is InChI=1S/C18H19N3O3S.C4H4O4.ClH.2H2O/c1-21(16-4-2-3-9-19-16)10-11-24-14-7-5-13(6-8-14)12-15-17(22)20-18(23)25-15;5-3(6)1-2-4(7)8;;;/h2-9,15H,10-12H2,1H3,(H,20,22,23);1-2H,(H,5,6)(H,7,8);1H;2*1H2. The van der Waals surface area contributed by atoms with Gasteiger partial charge in [-0.2, -0.15) is 0 Å². The summed E-state index contributed by atoms with van der Waals surface area (Å²) in [6, 6.07) is 13.4. The van der Waals surface area contributed by atoms with Gasteiger partial charge in [0.15, 0.2) is 0 Å². The van der Waals surface area contributed by atoms with E-state index >= 15 is 0 Å². The molecular weight excluding hydrogens is 518 g/mol. The van der Waals surface area contributed by atoms with E-state index in [1.165, 1.54) is 0 Å². The first-order valence-corrected chi connectivity index (χ1v) is 10.6. The van der Waals surface area contributed by atoms with Crippen molar-refractivity contribution in [3.05, 3.63) is 66.4 Å². The Morgan fingerprint density at radius 2 is 1.69 bits per heavy atom. The number of hydrogen-bond donors (Lipinski definition) is 3. The fraction of sp³-hybridized carbons (Fsp3) is 0.227. The highest BCUT2D eigenvalue weighted by molar-refractivity contribution is 8.15. The Labute approximate surface area is 217 Å². The molecule has 1 fully saturated rings. The topological polar surface area (TPSA) is 209 Å². The second-order valence-corrected chi connectivity index (χ2v) is 7.87. The predicted octanol–water partition coefficient (Wildman–Crippen LogP) is 0.975. The van der Waals surface area contributed by atoms with Gasteiger partial charge in [-0.1, -0.05) is 30.0 Å². The molecule has 1 aliphatic heterocycles. The number of anilines is 1. The van der Waals surface area contributed by atoms with Gasteiger partial charge in [-0.3, -0.25) is 14.9 Å². The molecule has 14 heteroatoms. The van der Waals surface area contributed by atoms with E-state index in [-0.39, 0.29) is 39.8 Å². The van der Waals surface area contributed by atoms with Crippen molar-refractivity contribution in [1.29, 1.82) is 0 Å². The Hall–Kier alpha value is -3.65. The van der Waals surface area contributed by atoms with Crippen LogP contribution in [0.1, 0.15) is 5.56 Å². The van der Waals surface area contributed by atoms with E-state index in [1.54, 1.807) is 6.20 Å². The molecule has 1 saturated heterocycles. The molecule has 36 heavy (non-hydrogen) atoms. The minimum absolute atomic E-state index is 0. The highest BCUT2D eigenvalue weighted by atomic mass is 35.5. The van der Waals surface area contributed by atoms with Crippen molar-refractivity contribution in [2.75, 3.05) is 25.1 Å². The number of halogens is 1. The number of carbonyl (C=O) groups excluding carboxylic acids is 2. The summed E-state index contributed by atoms with van der Waals surface area (Å²) in [5.74, 6) is -1.05. The Bertz CT molecular complexity index is 992. The van der Waals surface area contributed by atoms with Crippen LogP contribution in [0.3, 0.4) is 0 Å². The van der Waals surface area contributed by atoms with Gasteiger partial charge in [-0.25, -0.2) is 14.6 Å². The number of likely N-dealkylation sites (N-methyl/N-ethyl adjacent to an activating group) is 1. The summed E-state index contributed by atoms with van der Waals surface area (Å²) in [6.07, 6.45) is 3.41. The third kappa shape index (κ3) is 12.7. The molecule has 198 valence electrons. The van der Waals surface area contributed by atoms with Gasteiger partial charge in [-0.15, -0.1) is 12.4 Å². The van der Waals surface area contributed by atoms with E-state index in [0.29, 0.717) is 25.2 Å². The lowest BCUT2D eigenvalue weighted by Crippen LogP contribution is -2.25. The number of carboxylic acids is 2. The number of imide groups is 1. The number of ether oxygens (including phenoxy) is 1. The number of rotatable bonds is 9. The highest BCUT2D eigenvalue weighted by Gasteiger charge is 2.31. The molecule has 0 saturated carbocycles. The third-order valence-electron chi connectivity index (χ3n) is 4.22. The maximum atomic E-state index is 11.6. The average Bonchev–Trinajstić information content (AvgIpc) is 3.11. The van der Waals surface area contributed by atoms with Gasteiger partial charge in [-0.05, 0) is 36.2 Å². The Morgan fingerprint density at radius 1 is 1.08 bits per heavy atom. The fourth-order valence-corrected chi connectivity index (χ4v) is 3.46. The summed E-state index contributed by atoms with van der Waals surface area (Å²) >= 11 is 1.05. The number of hydrogen-bond acceptors (Lipinski definition) is 8. The first kappa shape index (κ1) is 34.5.